The Morgan fingerprint density at radius 2 is 2.00 bits per heavy atom. The van der Waals surface area contributed by atoms with Gasteiger partial charge in [0.05, 0.1) is 17.1 Å². The van der Waals surface area contributed by atoms with Crippen LogP contribution < -0.4 is 5.56 Å². The number of rotatable bonds is 4. The van der Waals surface area contributed by atoms with Crippen LogP contribution in [0, 0.1) is 0 Å². The monoisotopic (exact) mass is 399 g/mol. The molecule has 0 saturated carbocycles. The summed E-state index contributed by atoms with van der Waals surface area (Å²) in [6, 6.07) is 12.1. The van der Waals surface area contributed by atoms with Crippen LogP contribution in [0.2, 0.25) is 0 Å². The molecule has 3 rings (SSSR count). The molecule has 0 unspecified atom stereocenters. The van der Waals surface area contributed by atoms with Gasteiger partial charge in [-0.15, -0.1) is 0 Å². The zero-order valence-corrected chi connectivity index (χ0v) is 15.6. The van der Waals surface area contributed by atoms with Crippen molar-refractivity contribution in [2.75, 3.05) is 0 Å². The Kier molecular flexibility index (Phi) is 4.99. The number of benzene rings is 2. The molecule has 0 aliphatic heterocycles. The SMILES string of the molecule is CC[C@@H](C)c1nc2ccc(Br)cc2c(=O)n1N=Cc1ccc(O)cc1. The first kappa shape index (κ1) is 17.4. The highest BCUT2D eigenvalue weighted by atomic mass is 79.9. The lowest BCUT2D eigenvalue weighted by molar-refractivity contribution is 0.475. The summed E-state index contributed by atoms with van der Waals surface area (Å²) < 4.78 is 2.19. The number of phenolic OH excluding ortho intramolecular Hbond substituents is 1. The quantitative estimate of drug-likeness (QED) is 0.666. The Bertz CT molecular complexity index is 994. The lowest BCUT2D eigenvalue weighted by Gasteiger charge is -2.13. The third kappa shape index (κ3) is 3.64. The van der Waals surface area contributed by atoms with E-state index in [0.717, 1.165) is 16.5 Å². The molecule has 0 aliphatic rings. The minimum atomic E-state index is -0.198. The van der Waals surface area contributed by atoms with Gasteiger partial charge < -0.3 is 5.11 Å². The number of aromatic nitrogens is 2. The number of halogens is 1. The predicted molar refractivity (Wildman–Crippen MR) is 104 cm³/mol. The van der Waals surface area contributed by atoms with E-state index in [1.54, 1.807) is 36.5 Å². The van der Waals surface area contributed by atoms with Crippen molar-refractivity contribution in [1.29, 1.82) is 0 Å². The second kappa shape index (κ2) is 7.19. The van der Waals surface area contributed by atoms with Crippen LogP contribution in [0.25, 0.3) is 10.9 Å². The number of phenols is 1. The van der Waals surface area contributed by atoms with Gasteiger partial charge in [-0.05, 0) is 54.4 Å². The lowest BCUT2D eigenvalue weighted by Crippen LogP contribution is -2.23. The predicted octanol–water partition coefficient (Wildman–Crippen LogP) is 4.26. The highest BCUT2D eigenvalue weighted by molar-refractivity contribution is 9.10. The molecule has 3 aromatic rings. The summed E-state index contributed by atoms with van der Waals surface area (Å²) in [5.74, 6) is 0.918. The van der Waals surface area contributed by atoms with Crippen LogP contribution in [0.5, 0.6) is 5.75 Å². The van der Waals surface area contributed by atoms with Crippen LogP contribution in [0.1, 0.15) is 37.6 Å². The molecule has 1 atom stereocenters. The second-order valence-electron chi connectivity index (χ2n) is 5.89. The van der Waals surface area contributed by atoms with Crippen LogP contribution in [0.3, 0.4) is 0 Å². The molecule has 1 heterocycles. The summed E-state index contributed by atoms with van der Waals surface area (Å²) in [7, 11) is 0. The van der Waals surface area contributed by atoms with E-state index in [1.165, 1.54) is 4.68 Å². The minimum Gasteiger partial charge on any atom is -0.508 e. The van der Waals surface area contributed by atoms with Gasteiger partial charge in [-0.3, -0.25) is 4.79 Å². The Morgan fingerprint density at radius 1 is 1.28 bits per heavy atom. The van der Waals surface area contributed by atoms with Gasteiger partial charge in [0, 0.05) is 10.4 Å². The molecule has 1 N–H and O–H groups in total. The van der Waals surface area contributed by atoms with Gasteiger partial charge in [-0.2, -0.15) is 9.78 Å². The molecule has 1 aromatic heterocycles. The molecule has 0 spiro atoms. The van der Waals surface area contributed by atoms with Crippen molar-refractivity contribution in [2.24, 2.45) is 5.10 Å². The van der Waals surface area contributed by atoms with Crippen LogP contribution in [-0.4, -0.2) is 21.0 Å². The van der Waals surface area contributed by atoms with E-state index in [0.29, 0.717) is 16.7 Å². The number of nitrogens with zero attached hydrogens (tertiary/aromatic N) is 3. The molecule has 0 bridgehead atoms. The maximum atomic E-state index is 12.9. The summed E-state index contributed by atoms with van der Waals surface area (Å²) in [6.45, 7) is 4.08. The van der Waals surface area contributed by atoms with E-state index in [-0.39, 0.29) is 17.2 Å². The zero-order chi connectivity index (χ0) is 18.0. The van der Waals surface area contributed by atoms with E-state index in [9.17, 15) is 9.90 Å². The van der Waals surface area contributed by atoms with Gasteiger partial charge in [0.25, 0.3) is 5.56 Å². The van der Waals surface area contributed by atoms with E-state index in [1.807, 2.05) is 19.1 Å². The Balaban J connectivity index is 2.18. The van der Waals surface area contributed by atoms with Crippen LogP contribution in [0.4, 0.5) is 0 Å². The smallest absolute Gasteiger partial charge is 0.282 e. The first-order valence-corrected chi connectivity index (χ1v) is 8.84. The highest BCUT2D eigenvalue weighted by Gasteiger charge is 2.15. The summed E-state index contributed by atoms with van der Waals surface area (Å²) in [5, 5.41) is 14.3. The third-order valence-corrected chi connectivity index (χ3v) is 4.60. The molecule has 6 heteroatoms. The second-order valence-corrected chi connectivity index (χ2v) is 6.81. The maximum absolute atomic E-state index is 12.9. The van der Waals surface area contributed by atoms with Crippen molar-refractivity contribution in [1.82, 2.24) is 9.66 Å². The summed E-state index contributed by atoms with van der Waals surface area (Å²) in [5.41, 5.74) is 1.25. The number of fused-ring (bicyclic) bond motifs is 1. The van der Waals surface area contributed by atoms with Crippen molar-refractivity contribution < 1.29 is 5.11 Å². The first-order chi connectivity index (χ1) is 12.0. The average Bonchev–Trinajstić information content (AvgIpc) is 2.62. The fraction of sp³-hybridized carbons (Fsp3) is 0.211. The van der Waals surface area contributed by atoms with E-state index in [4.69, 9.17) is 0 Å². The average molecular weight is 400 g/mol. The summed E-state index contributed by atoms with van der Waals surface area (Å²) >= 11 is 3.40. The molecule has 0 saturated heterocycles. The summed E-state index contributed by atoms with van der Waals surface area (Å²) in [4.78, 5) is 17.6. The van der Waals surface area contributed by atoms with Gasteiger partial charge in [-0.25, -0.2) is 4.98 Å². The Morgan fingerprint density at radius 3 is 2.68 bits per heavy atom. The molecule has 2 aromatic carbocycles. The fourth-order valence-corrected chi connectivity index (χ4v) is 2.82. The molecule has 5 nitrogen and oxygen atoms in total. The van der Waals surface area contributed by atoms with Gasteiger partial charge in [0.15, 0.2) is 0 Å². The molecule has 0 fully saturated rings. The molecular weight excluding hydrogens is 382 g/mol. The molecule has 128 valence electrons. The fourth-order valence-electron chi connectivity index (χ4n) is 2.46. The van der Waals surface area contributed by atoms with Crippen molar-refractivity contribution in [3.63, 3.8) is 0 Å². The Labute approximate surface area is 153 Å². The zero-order valence-electron chi connectivity index (χ0n) is 14.0. The summed E-state index contributed by atoms with van der Waals surface area (Å²) in [6.07, 6.45) is 2.45. The normalized spacial score (nSPS) is 12.8. The van der Waals surface area contributed by atoms with Crippen molar-refractivity contribution in [3.8, 4) is 5.75 Å². The van der Waals surface area contributed by atoms with Crippen molar-refractivity contribution in [3.05, 3.63) is 68.7 Å². The van der Waals surface area contributed by atoms with Crippen molar-refractivity contribution in [2.45, 2.75) is 26.2 Å². The topological polar surface area (TPSA) is 67.5 Å². The van der Waals surface area contributed by atoms with Crippen molar-refractivity contribution >= 4 is 33.0 Å². The molecule has 0 radical (unpaired) electrons. The maximum Gasteiger partial charge on any atom is 0.282 e. The highest BCUT2D eigenvalue weighted by Crippen LogP contribution is 2.20. The van der Waals surface area contributed by atoms with Gasteiger partial charge >= 0.3 is 0 Å². The molecule has 25 heavy (non-hydrogen) atoms. The minimum absolute atomic E-state index is 0.0951. The standard InChI is InChI=1S/C19H18BrN3O2/c1-3-12(2)18-22-17-9-6-14(20)10-16(17)19(25)23(18)21-11-13-4-7-15(24)8-5-13/h4-12,24H,3H2,1-2H3/t12-/m1/s1. The molecule has 0 aliphatic carbocycles. The number of aromatic hydroxyl groups is 1. The van der Waals surface area contributed by atoms with Gasteiger partial charge in [0.1, 0.15) is 11.6 Å². The van der Waals surface area contributed by atoms with Gasteiger partial charge in [0.2, 0.25) is 0 Å². The van der Waals surface area contributed by atoms with E-state index >= 15 is 0 Å². The Hall–Kier alpha value is -2.47. The van der Waals surface area contributed by atoms with Crippen LogP contribution in [-0.2, 0) is 0 Å². The third-order valence-electron chi connectivity index (χ3n) is 4.10. The lowest BCUT2D eigenvalue weighted by atomic mass is 10.1. The molecule has 0 amide bonds. The van der Waals surface area contributed by atoms with E-state index in [2.05, 4.69) is 32.9 Å². The number of hydrogen-bond donors (Lipinski definition) is 1. The van der Waals surface area contributed by atoms with Gasteiger partial charge in [-0.1, -0.05) is 29.8 Å². The first-order valence-electron chi connectivity index (χ1n) is 8.05. The van der Waals surface area contributed by atoms with E-state index < -0.39 is 0 Å². The largest absolute Gasteiger partial charge is 0.508 e. The van der Waals surface area contributed by atoms with Crippen LogP contribution in [0.15, 0.2) is 56.8 Å². The van der Waals surface area contributed by atoms with Crippen LogP contribution >= 0.6 is 15.9 Å². The number of hydrogen-bond acceptors (Lipinski definition) is 4. The molecular formula is C19H18BrN3O2.